The van der Waals surface area contributed by atoms with Crippen molar-refractivity contribution in [3.63, 3.8) is 0 Å². The van der Waals surface area contributed by atoms with Crippen molar-refractivity contribution in [2.24, 2.45) is 0 Å². The lowest BCUT2D eigenvalue weighted by atomic mass is 10.0. The first-order valence-electron chi connectivity index (χ1n) is 8.02. The molecule has 0 radical (unpaired) electrons. The third-order valence-electron chi connectivity index (χ3n) is 3.94. The topological polar surface area (TPSA) is 98.7 Å². The van der Waals surface area contributed by atoms with Gasteiger partial charge in [0.2, 0.25) is 6.41 Å². The van der Waals surface area contributed by atoms with Crippen LogP contribution in [0.5, 0.6) is 5.75 Å². The van der Waals surface area contributed by atoms with Crippen LogP contribution in [0.1, 0.15) is 34.5 Å². The molecule has 0 spiro atoms. The molecule has 25 heavy (non-hydrogen) atoms. The molecule has 2 rings (SSSR count). The summed E-state index contributed by atoms with van der Waals surface area (Å²) in [7, 11) is 0. The van der Waals surface area contributed by atoms with Gasteiger partial charge in [-0.3, -0.25) is 9.59 Å². The quantitative estimate of drug-likeness (QED) is 0.413. The maximum absolute atomic E-state index is 10.7. The number of hydrogen-bond donors (Lipinski definition) is 4. The molecule has 0 saturated carbocycles. The van der Waals surface area contributed by atoms with Crippen LogP contribution in [0.25, 0.3) is 0 Å². The van der Waals surface area contributed by atoms with E-state index in [-0.39, 0.29) is 17.5 Å². The number of nitrogens with one attached hydrogen (secondary N) is 2. The van der Waals surface area contributed by atoms with Crippen LogP contribution >= 0.6 is 0 Å². The van der Waals surface area contributed by atoms with E-state index in [1.54, 1.807) is 24.3 Å². The van der Waals surface area contributed by atoms with Crippen LogP contribution in [0.15, 0.2) is 42.5 Å². The Bertz CT molecular complexity index is 716. The highest BCUT2D eigenvalue weighted by atomic mass is 16.3. The zero-order chi connectivity index (χ0) is 18.2. The summed E-state index contributed by atoms with van der Waals surface area (Å²) in [6, 6.07) is 12.1. The van der Waals surface area contributed by atoms with Gasteiger partial charge in [-0.15, -0.1) is 0 Å². The minimum Gasteiger partial charge on any atom is -0.506 e. The van der Waals surface area contributed by atoms with Gasteiger partial charge in [0.05, 0.1) is 11.8 Å². The molecule has 0 aliphatic heterocycles. The van der Waals surface area contributed by atoms with Gasteiger partial charge in [-0.25, -0.2) is 0 Å². The molecule has 0 aromatic heterocycles. The van der Waals surface area contributed by atoms with Gasteiger partial charge < -0.3 is 20.8 Å². The van der Waals surface area contributed by atoms with Crippen LogP contribution in [0.2, 0.25) is 0 Å². The molecule has 0 fully saturated rings. The molecule has 1 amide bonds. The van der Waals surface area contributed by atoms with Crippen molar-refractivity contribution >= 4 is 18.4 Å². The molecule has 0 aliphatic rings. The van der Waals surface area contributed by atoms with Crippen molar-refractivity contribution < 1.29 is 19.8 Å². The Morgan fingerprint density at radius 2 is 1.84 bits per heavy atom. The Morgan fingerprint density at radius 1 is 1.12 bits per heavy atom. The summed E-state index contributed by atoms with van der Waals surface area (Å²) in [5.41, 5.74) is 2.60. The number of benzene rings is 2. The summed E-state index contributed by atoms with van der Waals surface area (Å²) in [4.78, 5) is 21.2. The fourth-order valence-corrected chi connectivity index (χ4v) is 2.53. The highest BCUT2D eigenvalue weighted by molar-refractivity contribution is 5.75. The van der Waals surface area contributed by atoms with Gasteiger partial charge in [0, 0.05) is 18.2 Å². The first-order valence-corrected chi connectivity index (χ1v) is 8.02. The molecule has 0 aliphatic carbocycles. The average Bonchev–Trinajstić information content (AvgIpc) is 2.62. The number of aromatic hydroxyl groups is 1. The molecule has 2 atom stereocenters. The SMILES string of the molecule is C[C@H](Cc1ccc(C=O)cc1)NC[C@H](O)c1ccc(O)c(NC=O)c1. The van der Waals surface area contributed by atoms with Gasteiger partial charge >= 0.3 is 0 Å². The summed E-state index contributed by atoms with van der Waals surface area (Å²) >= 11 is 0. The summed E-state index contributed by atoms with van der Waals surface area (Å²) < 4.78 is 0. The van der Waals surface area contributed by atoms with Gasteiger partial charge in [-0.05, 0) is 36.6 Å². The molecule has 0 saturated heterocycles. The van der Waals surface area contributed by atoms with E-state index in [1.807, 2.05) is 19.1 Å². The van der Waals surface area contributed by atoms with Crippen LogP contribution in [0.4, 0.5) is 5.69 Å². The van der Waals surface area contributed by atoms with Crippen LogP contribution in [-0.2, 0) is 11.2 Å². The van der Waals surface area contributed by atoms with Gasteiger partial charge in [0.15, 0.2) is 0 Å². The fourth-order valence-electron chi connectivity index (χ4n) is 2.53. The molecular weight excluding hydrogens is 320 g/mol. The summed E-state index contributed by atoms with van der Waals surface area (Å²) in [6.45, 7) is 2.34. The number of anilines is 1. The van der Waals surface area contributed by atoms with E-state index >= 15 is 0 Å². The number of hydrogen-bond acceptors (Lipinski definition) is 5. The summed E-state index contributed by atoms with van der Waals surface area (Å²) in [5.74, 6) is -0.0526. The van der Waals surface area contributed by atoms with Crippen LogP contribution < -0.4 is 10.6 Å². The maximum atomic E-state index is 10.7. The van der Waals surface area contributed by atoms with Crippen molar-refractivity contribution in [3.05, 3.63) is 59.2 Å². The number of carbonyl (C=O) groups excluding carboxylic acids is 2. The number of aliphatic hydroxyl groups excluding tert-OH is 1. The van der Waals surface area contributed by atoms with Crippen molar-refractivity contribution in [2.45, 2.75) is 25.5 Å². The molecule has 0 unspecified atom stereocenters. The minimum atomic E-state index is -0.771. The number of phenols is 1. The third-order valence-corrected chi connectivity index (χ3v) is 3.94. The molecule has 0 bridgehead atoms. The van der Waals surface area contributed by atoms with E-state index in [1.165, 1.54) is 6.07 Å². The monoisotopic (exact) mass is 342 g/mol. The minimum absolute atomic E-state index is 0.0526. The van der Waals surface area contributed by atoms with E-state index in [0.717, 1.165) is 18.3 Å². The molecular formula is C19H22N2O4. The van der Waals surface area contributed by atoms with Crippen molar-refractivity contribution in [2.75, 3.05) is 11.9 Å². The van der Waals surface area contributed by atoms with Crippen LogP contribution in [0.3, 0.4) is 0 Å². The zero-order valence-electron chi connectivity index (χ0n) is 14.0. The molecule has 0 heterocycles. The van der Waals surface area contributed by atoms with Crippen LogP contribution in [0, 0.1) is 0 Å². The zero-order valence-corrected chi connectivity index (χ0v) is 14.0. The Balaban J connectivity index is 1.89. The second-order valence-corrected chi connectivity index (χ2v) is 5.93. The van der Waals surface area contributed by atoms with Crippen molar-refractivity contribution in [1.82, 2.24) is 5.32 Å². The van der Waals surface area contributed by atoms with E-state index in [0.29, 0.717) is 24.1 Å². The Morgan fingerprint density at radius 3 is 2.48 bits per heavy atom. The number of rotatable bonds is 9. The van der Waals surface area contributed by atoms with Crippen LogP contribution in [-0.4, -0.2) is 35.5 Å². The number of aldehydes is 1. The van der Waals surface area contributed by atoms with E-state index in [9.17, 15) is 19.8 Å². The standard InChI is InChI=1S/C19H22N2O4/c1-13(8-14-2-4-15(11-22)5-3-14)20-10-19(25)16-6-7-18(24)17(9-16)21-12-23/h2-7,9,11-13,19-20,24-25H,8,10H2,1H3,(H,21,23)/t13-,19+/m1/s1. The highest BCUT2D eigenvalue weighted by Gasteiger charge is 2.12. The second kappa shape index (κ2) is 8.96. The lowest BCUT2D eigenvalue weighted by molar-refractivity contribution is -0.105. The predicted octanol–water partition coefficient (Wildman–Crippen LogP) is 2.03. The number of phenolic OH excluding ortho intramolecular Hbond substituents is 1. The first-order chi connectivity index (χ1) is 12.0. The molecule has 6 nitrogen and oxygen atoms in total. The first kappa shape index (κ1) is 18.6. The third kappa shape index (κ3) is 5.41. The van der Waals surface area contributed by atoms with Crippen molar-refractivity contribution in [3.8, 4) is 5.75 Å². The lowest BCUT2D eigenvalue weighted by Gasteiger charge is -2.18. The van der Waals surface area contributed by atoms with Gasteiger partial charge in [-0.1, -0.05) is 30.3 Å². The summed E-state index contributed by atoms with van der Waals surface area (Å²) in [6.07, 6.45) is 1.28. The Labute approximate surface area is 146 Å². The largest absolute Gasteiger partial charge is 0.506 e. The van der Waals surface area contributed by atoms with Gasteiger partial charge in [-0.2, -0.15) is 0 Å². The summed E-state index contributed by atoms with van der Waals surface area (Å²) in [5, 5.41) is 25.6. The van der Waals surface area contributed by atoms with Crippen molar-refractivity contribution in [1.29, 1.82) is 0 Å². The highest BCUT2D eigenvalue weighted by Crippen LogP contribution is 2.26. The Hall–Kier alpha value is -2.70. The molecule has 6 heteroatoms. The fraction of sp³-hybridized carbons (Fsp3) is 0.263. The van der Waals surface area contributed by atoms with E-state index in [2.05, 4.69) is 10.6 Å². The smallest absolute Gasteiger partial charge is 0.211 e. The normalized spacial score (nSPS) is 13.0. The average molecular weight is 342 g/mol. The maximum Gasteiger partial charge on any atom is 0.211 e. The number of amides is 1. The van der Waals surface area contributed by atoms with Gasteiger partial charge in [0.1, 0.15) is 12.0 Å². The molecule has 2 aromatic carbocycles. The number of aliphatic hydroxyl groups is 1. The lowest BCUT2D eigenvalue weighted by Crippen LogP contribution is -2.32. The van der Waals surface area contributed by atoms with E-state index in [4.69, 9.17) is 0 Å². The van der Waals surface area contributed by atoms with E-state index < -0.39 is 6.10 Å². The second-order valence-electron chi connectivity index (χ2n) is 5.93. The molecule has 2 aromatic rings. The number of carbonyl (C=O) groups is 2. The molecule has 132 valence electrons. The van der Waals surface area contributed by atoms with Gasteiger partial charge in [0.25, 0.3) is 0 Å². The predicted molar refractivity (Wildman–Crippen MR) is 95.8 cm³/mol. The molecule has 4 N–H and O–H groups in total. The Kier molecular flexibility index (Phi) is 6.68.